The van der Waals surface area contributed by atoms with Crippen LogP contribution in [0.25, 0.3) is 11.3 Å². The normalized spacial score (nSPS) is 11.0. The van der Waals surface area contributed by atoms with E-state index < -0.39 is 4.92 Å². The fourth-order valence-corrected chi connectivity index (χ4v) is 1.71. The largest absolute Gasteiger partial charge is 0.433 e. The van der Waals surface area contributed by atoms with Gasteiger partial charge in [0.05, 0.1) is 12.3 Å². The Bertz CT molecular complexity index is 789. The van der Waals surface area contributed by atoms with E-state index in [2.05, 4.69) is 10.1 Å². The van der Waals surface area contributed by atoms with Crippen molar-refractivity contribution in [2.24, 2.45) is 4.99 Å². The molecule has 0 saturated heterocycles. The summed E-state index contributed by atoms with van der Waals surface area (Å²) in [7, 11) is 0. The minimum atomic E-state index is -0.612. The van der Waals surface area contributed by atoms with Gasteiger partial charge in [0.25, 0.3) is 5.88 Å². The van der Waals surface area contributed by atoms with Gasteiger partial charge in [-0.1, -0.05) is 35.5 Å². The maximum Gasteiger partial charge on any atom is 0.433 e. The molecule has 7 heteroatoms. The van der Waals surface area contributed by atoms with Crippen LogP contribution in [0.3, 0.4) is 0 Å². The summed E-state index contributed by atoms with van der Waals surface area (Å²) in [5, 5.41) is 14.4. The monoisotopic (exact) mass is 283 g/mol. The average molecular weight is 283 g/mol. The van der Waals surface area contributed by atoms with Gasteiger partial charge >= 0.3 is 5.88 Å². The van der Waals surface area contributed by atoms with E-state index in [0.717, 1.165) is 5.56 Å². The Morgan fingerprint density at radius 3 is 2.71 bits per heavy atom. The van der Waals surface area contributed by atoms with Gasteiger partial charge in [0, 0.05) is 11.6 Å². The number of furan rings is 1. The molecular formula is C14H9N3O4. The number of hydrogen-bond acceptors (Lipinski definition) is 6. The summed E-state index contributed by atoms with van der Waals surface area (Å²) in [4.78, 5) is 13.9. The minimum absolute atomic E-state index is 0.263. The molecule has 0 saturated carbocycles. The van der Waals surface area contributed by atoms with Gasteiger partial charge in [-0.15, -0.1) is 0 Å². The van der Waals surface area contributed by atoms with Gasteiger partial charge in [-0.05, 0) is 6.07 Å². The van der Waals surface area contributed by atoms with E-state index in [0.29, 0.717) is 5.69 Å². The summed E-state index contributed by atoms with van der Waals surface area (Å²) in [6.45, 7) is 0. The van der Waals surface area contributed by atoms with Crippen molar-refractivity contribution in [3.05, 3.63) is 64.4 Å². The van der Waals surface area contributed by atoms with E-state index in [-0.39, 0.29) is 17.5 Å². The van der Waals surface area contributed by atoms with Gasteiger partial charge in [0.2, 0.25) is 0 Å². The predicted octanol–water partition coefficient (Wildman–Crippen LogP) is 3.59. The molecule has 0 aliphatic heterocycles. The topological polar surface area (TPSA) is 94.7 Å². The van der Waals surface area contributed by atoms with Crippen molar-refractivity contribution in [3.63, 3.8) is 0 Å². The van der Waals surface area contributed by atoms with Crippen molar-refractivity contribution >= 4 is 18.0 Å². The number of nitro groups is 1. The molecule has 0 aliphatic rings. The SMILES string of the molecule is O=[N+]([O-])c1ccc(/C=N\c2cc(-c3ccccc3)no2)o1. The maximum absolute atomic E-state index is 10.5. The zero-order valence-corrected chi connectivity index (χ0v) is 10.7. The first kappa shape index (κ1) is 12.8. The van der Waals surface area contributed by atoms with Crippen LogP contribution in [0.15, 0.2) is 62.5 Å². The summed E-state index contributed by atoms with van der Waals surface area (Å²) >= 11 is 0. The summed E-state index contributed by atoms with van der Waals surface area (Å²) in [6, 6.07) is 13.9. The highest BCUT2D eigenvalue weighted by Crippen LogP contribution is 2.23. The van der Waals surface area contributed by atoms with Crippen molar-refractivity contribution in [1.82, 2.24) is 5.16 Å². The number of rotatable bonds is 4. The Labute approximate surface area is 118 Å². The third-order valence-electron chi connectivity index (χ3n) is 2.68. The Morgan fingerprint density at radius 2 is 2.00 bits per heavy atom. The lowest BCUT2D eigenvalue weighted by atomic mass is 10.2. The smallest absolute Gasteiger partial charge is 0.400 e. The van der Waals surface area contributed by atoms with Crippen molar-refractivity contribution in [2.75, 3.05) is 0 Å². The summed E-state index contributed by atoms with van der Waals surface area (Å²) in [5.74, 6) is 0.214. The van der Waals surface area contributed by atoms with Gasteiger partial charge < -0.3 is 8.94 Å². The Kier molecular flexibility index (Phi) is 3.30. The fourth-order valence-electron chi connectivity index (χ4n) is 1.71. The van der Waals surface area contributed by atoms with E-state index in [9.17, 15) is 10.1 Å². The van der Waals surface area contributed by atoms with Gasteiger partial charge in [-0.2, -0.15) is 0 Å². The second-order valence-corrected chi connectivity index (χ2v) is 4.11. The Balaban J connectivity index is 1.77. The van der Waals surface area contributed by atoms with Crippen molar-refractivity contribution < 1.29 is 13.9 Å². The molecule has 0 fully saturated rings. The van der Waals surface area contributed by atoms with Crippen LogP contribution < -0.4 is 0 Å². The number of aliphatic imine (C=N–C) groups is 1. The third-order valence-corrected chi connectivity index (χ3v) is 2.68. The molecule has 2 aromatic heterocycles. The van der Waals surface area contributed by atoms with E-state index >= 15 is 0 Å². The van der Waals surface area contributed by atoms with Crippen LogP contribution in [0, 0.1) is 10.1 Å². The van der Waals surface area contributed by atoms with E-state index in [1.54, 1.807) is 6.07 Å². The first-order valence-corrected chi connectivity index (χ1v) is 6.03. The van der Waals surface area contributed by atoms with Crippen molar-refractivity contribution in [2.45, 2.75) is 0 Å². The van der Waals surface area contributed by atoms with E-state index in [1.807, 2.05) is 30.3 Å². The molecule has 104 valence electrons. The predicted molar refractivity (Wildman–Crippen MR) is 74.6 cm³/mol. The highest BCUT2D eigenvalue weighted by atomic mass is 16.6. The molecule has 0 bridgehead atoms. The van der Waals surface area contributed by atoms with Gasteiger partial charge in [0.1, 0.15) is 10.6 Å². The molecule has 1 aromatic carbocycles. The summed E-state index contributed by atoms with van der Waals surface area (Å²) < 4.78 is 10.0. The lowest BCUT2D eigenvalue weighted by Crippen LogP contribution is -1.83. The zero-order chi connectivity index (χ0) is 14.7. The second kappa shape index (κ2) is 5.41. The third kappa shape index (κ3) is 2.86. The molecule has 0 atom stereocenters. The van der Waals surface area contributed by atoms with Gasteiger partial charge in [-0.25, -0.2) is 4.99 Å². The average Bonchev–Trinajstić information content (AvgIpc) is 3.15. The first-order chi connectivity index (χ1) is 10.2. The summed E-state index contributed by atoms with van der Waals surface area (Å²) in [5.41, 5.74) is 1.57. The highest BCUT2D eigenvalue weighted by Gasteiger charge is 2.10. The quantitative estimate of drug-likeness (QED) is 0.414. The number of hydrogen-bond donors (Lipinski definition) is 0. The van der Waals surface area contributed by atoms with Crippen molar-refractivity contribution in [3.8, 4) is 11.3 Å². The van der Waals surface area contributed by atoms with E-state index in [1.165, 1.54) is 18.3 Å². The zero-order valence-electron chi connectivity index (χ0n) is 10.7. The fraction of sp³-hybridized carbons (Fsp3) is 0. The molecule has 0 unspecified atom stereocenters. The number of benzene rings is 1. The lowest BCUT2D eigenvalue weighted by molar-refractivity contribution is -0.402. The molecule has 21 heavy (non-hydrogen) atoms. The molecular weight excluding hydrogens is 274 g/mol. The van der Waals surface area contributed by atoms with Crippen LogP contribution in [0.5, 0.6) is 0 Å². The number of aromatic nitrogens is 1. The first-order valence-electron chi connectivity index (χ1n) is 6.03. The maximum atomic E-state index is 10.5. The minimum Gasteiger partial charge on any atom is -0.400 e. The molecule has 3 rings (SSSR count). The Morgan fingerprint density at radius 1 is 1.19 bits per heavy atom. The lowest BCUT2D eigenvalue weighted by Gasteiger charge is -1.90. The van der Waals surface area contributed by atoms with Crippen molar-refractivity contribution in [1.29, 1.82) is 0 Å². The molecule has 3 aromatic rings. The molecule has 0 amide bonds. The second-order valence-electron chi connectivity index (χ2n) is 4.11. The number of nitrogens with zero attached hydrogens (tertiary/aromatic N) is 3. The molecule has 0 N–H and O–H groups in total. The van der Waals surface area contributed by atoms with Crippen LogP contribution in [-0.2, 0) is 0 Å². The van der Waals surface area contributed by atoms with Crippen LogP contribution in [0.1, 0.15) is 5.76 Å². The molecule has 0 radical (unpaired) electrons. The van der Waals surface area contributed by atoms with Gasteiger partial charge in [-0.3, -0.25) is 10.1 Å². The Hall–Kier alpha value is -3.22. The van der Waals surface area contributed by atoms with E-state index in [4.69, 9.17) is 8.94 Å². The summed E-state index contributed by atoms with van der Waals surface area (Å²) in [6.07, 6.45) is 1.34. The standard InChI is InChI=1S/C14H9N3O4/c18-17(19)14-7-6-11(20-14)9-15-13-8-12(16-21-13)10-4-2-1-3-5-10/h1-9H/b15-9-. The molecule has 2 heterocycles. The van der Waals surface area contributed by atoms with Crippen LogP contribution >= 0.6 is 0 Å². The molecule has 7 nitrogen and oxygen atoms in total. The molecule has 0 aliphatic carbocycles. The van der Waals surface area contributed by atoms with Crippen LogP contribution in [0.2, 0.25) is 0 Å². The highest BCUT2D eigenvalue weighted by molar-refractivity contribution is 5.78. The van der Waals surface area contributed by atoms with Crippen LogP contribution in [0.4, 0.5) is 11.8 Å². The van der Waals surface area contributed by atoms with Crippen LogP contribution in [-0.4, -0.2) is 16.3 Å². The molecule has 0 spiro atoms. The van der Waals surface area contributed by atoms with Gasteiger partial charge in [0.15, 0.2) is 5.76 Å².